The molecule has 0 atom stereocenters. The van der Waals surface area contributed by atoms with Crippen LogP contribution in [0.5, 0.6) is 0 Å². The van der Waals surface area contributed by atoms with Crippen LogP contribution in [-0.4, -0.2) is 0 Å². The van der Waals surface area contributed by atoms with E-state index in [1.54, 1.807) is 6.07 Å². The minimum absolute atomic E-state index is 0.268. The van der Waals surface area contributed by atoms with E-state index in [4.69, 9.17) is 5.26 Å². The third-order valence-electron chi connectivity index (χ3n) is 4.78. The first kappa shape index (κ1) is 16.7. The number of benzene rings is 1. The first-order valence-corrected chi connectivity index (χ1v) is 8.56. The molecule has 118 valence electrons. The number of aryl methyl sites for hydroxylation is 2. The zero-order valence-electron chi connectivity index (χ0n) is 13.5. The monoisotopic (exact) mass is 299 g/mol. The number of nitrogens with zero attached hydrogens (tertiary/aromatic N) is 1. The van der Waals surface area contributed by atoms with Crippen molar-refractivity contribution in [2.45, 2.75) is 58.3 Å². The Hall–Kier alpha value is -1.62. The molecule has 1 nitrogen and oxygen atoms in total. The number of halogens is 1. The molecule has 2 rings (SSSR count). The number of rotatable bonds is 6. The lowest BCUT2D eigenvalue weighted by Crippen LogP contribution is -2.14. The molecule has 1 aliphatic rings. The molecule has 0 aromatic heterocycles. The maximum atomic E-state index is 13.0. The highest BCUT2D eigenvalue weighted by atomic mass is 19.1. The Balaban J connectivity index is 1.74. The van der Waals surface area contributed by atoms with Crippen LogP contribution in [0.2, 0.25) is 0 Å². The lowest BCUT2D eigenvalue weighted by Gasteiger charge is -2.26. The first-order chi connectivity index (χ1) is 10.7. The first-order valence-electron chi connectivity index (χ1n) is 8.56. The summed E-state index contributed by atoms with van der Waals surface area (Å²) in [5, 5.41) is 8.49. The van der Waals surface area contributed by atoms with Crippen LogP contribution in [-0.2, 0) is 12.8 Å². The van der Waals surface area contributed by atoms with Gasteiger partial charge < -0.3 is 0 Å². The molecule has 1 saturated carbocycles. The normalized spacial score (nSPS) is 22.3. The molecule has 2 heteroatoms. The quantitative estimate of drug-likeness (QED) is 0.613. The van der Waals surface area contributed by atoms with E-state index in [2.05, 4.69) is 31.2 Å². The van der Waals surface area contributed by atoms with Crippen molar-refractivity contribution in [3.63, 3.8) is 0 Å². The predicted molar refractivity (Wildman–Crippen MR) is 89.0 cm³/mol. The zero-order valence-corrected chi connectivity index (χ0v) is 13.5. The molecule has 0 unspecified atom stereocenters. The number of allylic oxidation sites excluding steroid dienone is 2. The minimum Gasteiger partial charge on any atom is -0.195 e. The van der Waals surface area contributed by atoms with E-state index in [9.17, 15) is 4.39 Å². The van der Waals surface area contributed by atoms with E-state index in [1.165, 1.54) is 30.0 Å². The summed E-state index contributed by atoms with van der Waals surface area (Å²) in [4.78, 5) is 0. The van der Waals surface area contributed by atoms with Crippen molar-refractivity contribution in [1.29, 1.82) is 5.26 Å². The molecule has 0 aliphatic heterocycles. The highest BCUT2D eigenvalue weighted by molar-refractivity contribution is 5.22. The Morgan fingerprint density at radius 2 is 1.73 bits per heavy atom. The van der Waals surface area contributed by atoms with Gasteiger partial charge in [-0.3, -0.25) is 0 Å². The van der Waals surface area contributed by atoms with E-state index in [0.29, 0.717) is 0 Å². The SMILES string of the molecule is CCCc1ccc(CC[C@H]2CC[C@H](/C=C(/F)C#N)CC2)cc1. The van der Waals surface area contributed by atoms with E-state index in [1.807, 2.05) is 0 Å². The topological polar surface area (TPSA) is 23.8 Å². The fourth-order valence-corrected chi connectivity index (χ4v) is 3.42. The van der Waals surface area contributed by atoms with Crippen LogP contribution in [0.25, 0.3) is 0 Å². The van der Waals surface area contributed by atoms with Gasteiger partial charge >= 0.3 is 0 Å². The van der Waals surface area contributed by atoms with Gasteiger partial charge in [0.25, 0.3) is 0 Å². The van der Waals surface area contributed by atoms with Crippen molar-refractivity contribution >= 4 is 0 Å². The molecule has 1 aromatic rings. The Kier molecular flexibility index (Phi) is 6.65. The predicted octanol–water partition coefficient (Wildman–Crippen LogP) is 5.76. The van der Waals surface area contributed by atoms with E-state index in [-0.39, 0.29) is 5.92 Å². The zero-order chi connectivity index (χ0) is 15.8. The van der Waals surface area contributed by atoms with Crippen molar-refractivity contribution in [3.8, 4) is 6.07 Å². The highest BCUT2D eigenvalue weighted by Gasteiger charge is 2.20. The van der Waals surface area contributed by atoms with E-state index < -0.39 is 5.83 Å². The van der Waals surface area contributed by atoms with Gasteiger partial charge in [0.05, 0.1) is 0 Å². The molecule has 0 bridgehead atoms. The molecule has 0 N–H and O–H groups in total. The standard InChI is InChI=1S/C20H26FN/c1-2-3-16-4-6-17(7-5-16)8-9-18-10-12-19(13-11-18)14-20(21)15-22/h4-7,14,18-19H,2-3,8-13H2,1H3/b20-14+/t18-,19-. The fourth-order valence-electron chi connectivity index (χ4n) is 3.42. The van der Waals surface area contributed by atoms with Crippen LogP contribution in [0, 0.1) is 23.2 Å². The summed E-state index contributed by atoms with van der Waals surface area (Å²) in [5.74, 6) is 0.407. The van der Waals surface area contributed by atoms with Gasteiger partial charge in [0.15, 0.2) is 5.83 Å². The third kappa shape index (κ3) is 5.30. The summed E-state index contributed by atoms with van der Waals surface area (Å²) >= 11 is 0. The molecule has 0 saturated heterocycles. The second-order valence-corrected chi connectivity index (χ2v) is 6.51. The van der Waals surface area contributed by atoms with Gasteiger partial charge in [0.2, 0.25) is 0 Å². The summed E-state index contributed by atoms with van der Waals surface area (Å²) in [5.41, 5.74) is 2.86. The van der Waals surface area contributed by atoms with Gasteiger partial charge in [0, 0.05) is 0 Å². The highest BCUT2D eigenvalue weighted by Crippen LogP contribution is 2.33. The fraction of sp³-hybridized carbons (Fsp3) is 0.550. The molecule has 1 aliphatic carbocycles. The maximum absolute atomic E-state index is 13.0. The van der Waals surface area contributed by atoms with Gasteiger partial charge in [-0.05, 0) is 74.0 Å². The lowest BCUT2D eigenvalue weighted by molar-refractivity contribution is 0.294. The third-order valence-corrected chi connectivity index (χ3v) is 4.78. The Labute approximate surface area is 133 Å². The average Bonchev–Trinajstić information content (AvgIpc) is 2.56. The van der Waals surface area contributed by atoms with Crippen molar-refractivity contribution in [2.24, 2.45) is 11.8 Å². The maximum Gasteiger partial charge on any atom is 0.196 e. The molecule has 0 heterocycles. The van der Waals surface area contributed by atoms with Gasteiger partial charge in [-0.25, -0.2) is 0 Å². The lowest BCUT2D eigenvalue weighted by atomic mass is 9.79. The van der Waals surface area contributed by atoms with Gasteiger partial charge in [-0.15, -0.1) is 0 Å². The van der Waals surface area contributed by atoms with Gasteiger partial charge in [-0.1, -0.05) is 37.6 Å². The second-order valence-electron chi connectivity index (χ2n) is 6.51. The second kappa shape index (κ2) is 8.73. The van der Waals surface area contributed by atoms with Crippen LogP contribution in [0.4, 0.5) is 4.39 Å². The van der Waals surface area contributed by atoms with Crippen molar-refractivity contribution < 1.29 is 4.39 Å². The van der Waals surface area contributed by atoms with E-state index >= 15 is 0 Å². The molecule has 1 fully saturated rings. The summed E-state index contributed by atoms with van der Waals surface area (Å²) in [6.07, 6.45) is 10.6. The summed E-state index contributed by atoms with van der Waals surface area (Å²) in [7, 11) is 0. The average molecular weight is 299 g/mol. The molecule has 22 heavy (non-hydrogen) atoms. The van der Waals surface area contributed by atoms with Crippen LogP contribution in [0.15, 0.2) is 36.2 Å². The molecule has 0 radical (unpaired) electrons. The summed E-state index contributed by atoms with van der Waals surface area (Å²) in [6.45, 7) is 2.21. The van der Waals surface area contributed by atoms with Crippen LogP contribution in [0.3, 0.4) is 0 Å². The van der Waals surface area contributed by atoms with E-state index in [0.717, 1.165) is 44.4 Å². The van der Waals surface area contributed by atoms with Gasteiger partial charge in [-0.2, -0.15) is 9.65 Å². The van der Waals surface area contributed by atoms with Crippen molar-refractivity contribution in [1.82, 2.24) is 0 Å². The molecular weight excluding hydrogens is 273 g/mol. The Bertz CT molecular complexity index is 516. The van der Waals surface area contributed by atoms with Gasteiger partial charge in [0.1, 0.15) is 6.07 Å². The molecular formula is C20H26FN. The molecule has 1 aromatic carbocycles. The Morgan fingerprint density at radius 3 is 2.27 bits per heavy atom. The summed E-state index contributed by atoms with van der Waals surface area (Å²) < 4.78 is 13.0. The number of hydrogen-bond donors (Lipinski definition) is 0. The van der Waals surface area contributed by atoms with Crippen molar-refractivity contribution in [3.05, 3.63) is 47.3 Å². The number of nitriles is 1. The van der Waals surface area contributed by atoms with Crippen LogP contribution >= 0.6 is 0 Å². The summed E-state index contributed by atoms with van der Waals surface area (Å²) in [6, 6.07) is 10.6. The number of hydrogen-bond acceptors (Lipinski definition) is 1. The van der Waals surface area contributed by atoms with Crippen LogP contribution < -0.4 is 0 Å². The molecule has 0 amide bonds. The minimum atomic E-state index is -0.615. The Morgan fingerprint density at radius 1 is 1.14 bits per heavy atom. The van der Waals surface area contributed by atoms with Crippen LogP contribution in [0.1, 0.15) is 56.6 Å². The smallest absolute Gasteiger partial charge is 0.195 e. The van der Waals surface area contributed by atoms with Crippen molar-refractivity contribution in [2.75, 3.05) is 0 Å². The largest absolute Gasteiger partial charge is 0.196 e. The molecule has 0 spiro atoms.